The Bertz CT molecular complexity index is 622. The van der Waals surface area contributed by atoms with E-state index < -0.39 is 11.9 Å². The van der Waals surface area contributed by atoms with Gasteiger partial charge in [0.1, 0.15) is 0 Å². The van der Waals surface area contributed by atoms with Gasteiger partial charge in [0.05, 0.1) is 11.1 Å². The summed E-state index contributed by atoms with van der Waals surface area (Å²) < 4.78 is 0. The van der Waals surface area contributed by atoms with Gasteiger partial charge in [0.15, 0.2) is 0 Å². The third-order valence-corrected chi connectivity index (χ3v) is 5.89. The second-order valence-electron chi connectivity index (χ2n) is 8.50. The van der Waals surface area contributed by atoms with Crippen molar-refractivity contribution in [3.63, 3.8) is 0 Å². The summed E-state index contributed by atoms with van der Waals surface area (Å²) in [5.41, 5.74) is 0.468. The Morgan fingerprint density at radius 1 is 0.677 bits per heavy atom. The number of unbranched alkanes of at least 4 members (excludes halogenated alkanes) is 15. The van der Waals surface area contributed by atoms with Crippen LogP contribution in [0.2, 0.25) is 0 Å². The van der Waals surface area contributed by atoms with Gasteiger partial charge in [0.25, 0.3) is 0 Å². The van der Waals surface area contributed by atoms with Crippen LogP contribution in [-0.4, -0.2) is 22.2 Å². The number of hydrogen-bond acceptors (Lipinski definition) is 2. The number of benzene rings is 1. The van der Waals surface area contributed by atoms with Crippen molar-refractivity contribution in [3.8, 4) is 0 Å². The topological polar surface area (TPSA) is 74.6 Å². The van der Waals surface area contributed by atoms with E-state index in [9.17, 15) is 19.8 Å². The van der Waals surface area contributed by atoms with E-state index in [4.69, 9.17) is 0 Å². The standard InChI is InChI=1S/C26H42O4.Na.H/c1-2-3-4-5-6-7-8-9-10-11-12-13-14-15-16-17-19-22-20-18-21-23(25(27)28)24(22)26(29)30;;/h18,20-21H,2-17,19H2,1H3,(H,27,28)(H,29,30);;/q;+1;-1. The molecule has 0 saturated heterocycles. The first kappa shape index (κ1) is 30.2. The van der Waals surface area contributed by atoms with Crippen LogP contribution < -0.4 is 29.6 Å². The third kappa shape index (κ3) is 14.0. The van der Waals surface area contributed by atoms with Crippen molar-refractivity contribution in [2.24, 2.45) is 0 Å². The van der Waals surface area contributed by atoms with Crippen molar-refractivity contribution in [1.29, 1.82) is 0 Å². The predicted molar refractivity (Wildman–Crippen MR) is 125 cm³/mol. The van der Waals surface area contributed by atoms with E-state index in [0.29, 0.717) is 12.0 Å². The van der Waals surface area contributed by atoms with E-state index in [-0.39, 0.29) is 42.1 Å². The average molecular weight is 443 g/mol. The molecule has 0 amide bonds. The van der Waals surface area contributed by atoms with Gasteiger partial charge < -0.3 is 11.6 Å². The molecule has 0 bridgehead atoms. The van der Waals surface area contributed by atoms with Crippen LogP contribution in [0.5, 0.6) is 0 Å². The number of carboxylic acid groups (broad SMARTS) is 2. The van der Waals surface area contributed by atoms with E-state index in [0.717, 1.165) is 12.8 Å². The fraction of sp³-hybridized carbons (Fsp3) is 0.692. The van der Waals surface area contributed by atoms with Gasteiger partial charge >= 0.3 is 41.5 Å². The third-order valence-electron chi connectivity index (χ3n) is 5.89. The number of hydrogen-bond donors (Lipinski definition) is 2. The largest absolute Gasteiger partial charge is 1.00 e. The van der Waals surface area contributed by atoms with Gasteiger partial charge in [-0.2, -0.15) is 0 Å². The molecule has 172 valence electrons. The maximum absolute atomic E-state index is 11.5. The SMILES string of the molecule is CCCCCCCCCCCCCCCCCCc1cccc(C(=O)O)c1C(=O)O.[H-].[Na+]. The molecule has 0 aromatic heterocycles. The molecule has 0 fully saturated rings. The Kier molecular flexibility index (Phi) is 19.3. The number of carbonyl (C=O) groups is 2. The zero-order valence-electron chi connectivity index (χ0n) is 21.0. The molecule has 1 rings (SSSR count). The molecule has 0 aliphatic carbocycles. The van der Waals surface area contributed by atoms with Gasteiger partial charge in [-0.15, -0.1) is 0 Å². The molecule has 0 aliphatic heterocycles. The Morgan fingerprint density at radius 3 is 1.48 bits per heavy atom. The van der Waals surface area contributed by atoms with Gasteiger partial charge in [-0.3, -0.25) is 0 Å². The number of carboxylic acids is 2. The summed E-state index contributed by atoms with van der Waals surface area (Å²) in [5.74, 6) is -2.33. The summed E-state index contributed by atoms with van der Waals surface area (Å²) in [4.78, 5) is 22.7. The van der Waals surface area contributed by atoms with Crippen molar-refractivity contribution >= 4 is 11.9 Å². The fourth-order valence-electron chi connectivity index (χ4n) is 4.10. The van der Waals surface area contributed by atoms with Crippen LogP contribution in [0.1, 0.15) is 137 Å². The predicted octanol–water partition coefficient (Wildman–Crippen LogP) is 5.00. The molecule has 0 atom stereocenters. The summed E-state index contributed by atoms with van der Waals surface area (Å²) in [6.45, 7) is 2.26. The van der Waals surface area contributed by atoms with Crippen LogP contribution in [0.15, 0.2) is 18.2 Å². The Labute approximate surface area is 213 Å². The van der Waals surface area contributed by atoms with Crippen LogP contribution in [-0.2, 0) is 6.42 Å². The molecule has 0 heterocycles. The van der Waals surface area contributed by atoms with E-state index in [1.807, 2.05) is 0 Å². The van der Waals surface area contributed by atoms with E-state index >= 15 is 0 Å². The van der Waals surface area contributed by atoms with Gasteiger partial charge in [-0.25, -0.2) is 9.59 Å². The van der Waals surface area contributed by atoms with Gasteiger partial charge in [-0.1, -0.05) is 115 Å². The molecule has 0 unspecified atom stereocenters. The zero-order valence-corrected chi connectivity index (χ0v) is 22.0. The summed E-state index contributed by atoms with van der Waals surface area (Å²) in [6.07, 6.45) is 21.4. The summed E-state index contributed by atoms with van der Waals surface area (Å²) in [7, 11) is 0. The van der Waals surface area contributed by atoms with Crippen molar-refractivity contribution < 1.29 is 50.8 Å². The molecule has 1 aromatic rings. The maximum atomic E-state index is 11.5. The molecule has 5 heteroatoms. The minimum Gasteiger partial charge on any atom is -1.00 e. The molecule has 0 aliphatic rings. The monoisotopic (exact) mass is 442 g/mol. The molecule has 0 saturated carbocycles. The summed E-state index contributed by atoms with van der Waals surface area (Å²) in [6, 6.07) is 4.74. The van der Waals surface area contributed by atoms with Crippen LogP contribution in [0.4, 0.5) is 0 Å². The molecule has 0 radical (unpaired) electrons. The molecule has 1 aromatic carbocycles. The first-order chi connectivity index (χ1) is 14.6. The minimum absolute atomic E-state index is 0. The van der Waals surface area contributed by atoms with Crippen LogP contribution in [0.25, 0.3) is 0 Å². The number of aromatic carboxylic acids is 2. The van der Waals surface area contributed by atoms with Crippen LogP contribution in [0.3, 0.4) is 0 Å². The fourth-order valence-corrected chi connectivity index (χ4v) is 4.10. The smallest absolute Gasteiger partial charge is 1.00 e. The quantitative estimate of drug-likeness (QED) is 0.233. The van der Waals surface area contributed by atoms with E-state index in [1.165, 1.54) is 96.0 Å². The second kappa shape index (κ2) is 19.8. The van der Waals surface area contributed by atoms with Crippen molar-refractivity contribution in [3.05, 3.63) is 34.9 Å². The first-order valence-electron chi connectivity index (χ1n) is 12.2. The Morgan fingerprint density at radius 2 is 1.10 bits per heavy atom. The second-order valence-corrected chi connectivity index (χ2v) is 8.50. The summed E-state index contributed by atoms with van der Waals surface area (Å²) in [5, 5.41) is 18.6. The van der Waals surface area contributed by atoms with Crippen LogP contribution >= 0.6 is 0 Å². The van der Waals surface area contributed by atoms with E-state index in [1.54, 1.807) is 12.1 Å². The molecule has 2 N–H and O–H groups in total. The van der Waals surface area contributed by atoms with Gasteiger partial charge in [0.2, 0.25) is 0 Å². The Hall–Kier alpha value is -0.840. The molecular formula is C26H43NaO4. The number of rotatable bonds is 19. The minimum atomic E-state index is -1.18. The molecule has 31 heavy (non-hydrogen) atoms. The van der Waals surface area contributed by atoms with Crippen LogP contribution in [0, 0.1) is 0 Å². The zero-order chi connectivity index (χ0) is 22.0. The molecule has 4 nitrogen and oxygen atoms in total. The molecular weight excluding hydrogens is 399 g/mol. The van der Waals surface area contributed by atoms with Crippen molar-refractivity contribution in [2.45, 2.75) is 116 Å². The summed E-state index contributed by atoms with van der Waals surface area (Å²) >= 11 is 0. The average Bonchev–Trinajstić information content (AvgIpc) is 2.73. The van der Waals surface area contributed by atoms with Crippen molar-refractivity contribution in [1.82, 2.24) is 0 Å². The maximum Gasteiger partial charge on any atom is 1.00 e. The van der Waals surface area contributed by atoms with Gasteiger partial charge in [0, 0.05) is 0 Å². The molecule has 0 spiro atoms. The normalized spacial score (nSPS) is 10.6. The van der Waals surface area contributed by atoms with E-state index in [2.05, 4.69) is 6.92 Å². The Balaban J connectivity index is 0. The first-order valence-corrected chi connectivity index (χ1v) is 12.2. The van der Waals surface area contributed by atoms with Crippen molar-refractivity contribution in [2.75, 3.05) is 0 Å². The van der Waals surface area contributed by atoms with Gasteiger partial charge in [-0.05, 0) is 24.5 Å². The number of aryl methyl sites for hydroxylation is 1.